The van der Waals surface area contributed by atoms with E-state index < -0.39 is 0 Å². The number of aromatic nitrogens is 2. The molecule has 5 heteroatoms. The van der Waals surface area contributed by atoms with E-state index in [0.29, 0.717) is 6.54 Å². The Balaban J connectivity index is 1.63. The molecular weight excluding hydrogens is 336 g/mol. The summed E-state index contributed by atoms with van der Waals surface area (Å²) in [7, 11) is 0. The van der Waals surface area contributed by atoms with Crippen LogP contribution in [0.3, 0.4) is 0 Å². The van der Waals surface area contributed by atoms with E-state index in [1.54, 1.807) is 6.08 Å². The van der Waals surface area contributed by atoms with E-state index in [1.165, 1.54) is 11.3 Å². The van der Waals surface area contributed by atoms with Crippen molar-refractivity contribution in [3.63, 3.8) is 0 Å². The van der Waals surface area contributed by atoms with E-state index in [1.807, 2.05) is 18.2 Å². The van der Waals surface area contributed by atoms with Crippen molar-refractivity contribution in [2.75, 3.05) is 24.5 Å². The third-order valence-electron chi connectivity index (χ3n) is 5.46. The van der Waals surface area contributed by atoms with Gasteiger partial charge >= 0.3 is 0 Å². The summed E-state index contributed by atoms with van der Waals surface area (Å²) in [5.74, 6) is 1.96. The Morgan fingerprint density at radius 3 is 2.89 bits per heavy atom. The molecule has 1 aromatic heterocycles. The Labute approximate surface area is 160 Å². The molecule has 27 heavy (non-hydrogen) atoms. The van der Waals surface area contributed by atoms with Crippen LogP contribution in [-0.4, -0.2) is 35.5 Å². The zero-order valence-corrected chi connectivity index (χ0v) is 15.7. The highest BCUT2D eigenvalue weighted by Crippen LogP contribution is 2.33. The zero-order valence-electron chi connectivity index (χ0n) is 15.7. The van der Waals surface area contributed by atoms with Crippen LogP contribution < -0.4 is 10.2 Å². The summed E-state index contributed by atoms with van der Waals surface area (Å²) in [6, 6.07) is 10.2. The van der Waals surface area contributed by atoms with Gasteiger partial charge in [0.1, 0.15) is 5.82 Å². The molecule has 4 rings (SSSR count). The van der Waals surface area contributed by atoms with Crippen molar-refractivity contribution in [3.05, 3.63) is 54.2 Å². The highest BCUT2D eigenvalue weighted by molar-refractivity contribution is 5.79. The van der Waals surface area contributed by atoms with Gasteiger partial charge in [0.2, 0.25) is 5.91 Å². The highest BCUT2D eigenvalue weighted by Gasteiger charge is 2.30. The first-order valence-electron chi connectivity index (χ1n) is 9.85. The fourth-order valence-electron chi connectivity index (χ4n) is 4.09. The van der Waals surface area contributed by atoms with Gasteiger partial charge in [-0.25, -0.2) is 9.97 Å². The molecule has 0 spiro atoms. The average Bonchev–Trinajstić information content (AvgIpc) is 3.20. The Hall–Kier alpha value is -2.69. The number of amides is 1. The summed E-state index contributed by atoms with van der Waals surface area (Å²) >= 11 is 0. The third-order valence-corrected chi connectivity index (χ3v) is 5.46. The van der Waals surface area contributed by atoms with Crippen molar-refractivity contribution in [2.24, 2.45) is 5.92 Å². The van der Waals surface area contributed by atoms with Crippen LogP contribution in [0.2, 0.25) is 0 Å². The van der Waals surface area contributed by atoms with Crippen LogP contribution in [0.15, 0.2) is 43.0 Å². The van der Waals surface area contributed by atoms with Gasteiger partial charge in [-0.2, -0.15) is 0 Å². The number of carbonyl (C=O) groups is 1. The van der Waals surface area contributed by atoms with E-state index in [2.05, 4.69) is 28.9 Å². The van der Waals surface area contributed by atoms with Gasteiger partial charge < -0.3 is 10.2 Å². The molecule has 0 radical (unpaired) electrons. The molecule has 1 aliphatic heterocycles. The fraction of sp³-hybridized carbons (Fsp3) is 0.409. The Kier molecular flexibility index (Phi) is 5.19. The summed E-state index contributed by atoms with van der Waals surface area (Å²) in [4.78, 5) is 24.5. The monoisotopic (exact) mass is 362 g/mol. The predicted molar refractivity (Wildman–Crippen MR) is 108 cm³/mol. The minimum atomic E-state index is 0.00546. The first-order chi connectivity index (χ1) is 13.3. The number of nitrogens with one attached hydrogen (secondary N) is 1. The van der Waals surface area contributed by atoms with Gasteiger partial charge in [-0.1, -0.05) is 36.4 Å². The van der Waals surface area contributed by atoms with Crippen molar-refractivity contribution < 1.29 is 4.79 Å². The normalized spacial score (nSPS) is 18.8. The average molecular weight is 362 g/mol. The minimum absolute atomic E-state index is 0.00546. The number of nitrogens with zero attached hydrogens (tertiary/aromatic N) is 3. The van der Waals surface area contributed by atoms with Gasteiger partial charge in [0.05, 0.1) is 5.92 Å². The summed E-state index contributed by atoms with van der Waals surface area (Å²) in [6.07, 6.45) is 6.84. The molecule has 0 bridgehead atoms. The van der Waals surface area contributed by atoms with Crippen molar-refractivity contribution in [3.8, 4) is 11.4 Å². The highest BCUT2D eigenvalue weighted by atomic mass is 16.1. The lowest BCUT2D eigenvalue weighted by Crippen LogP contribution is -2.43. The quantitative estimate of drug-likeness (QED) is 0.830. The largest absolute Gasteiger partial charge is 0.355 e. The summed E-state index contributed by atoms with van der Waals surface area (Å²) in [5, 5.41) is 2.95. The molecule has 1 N–H and O–H groups in total. The molecule has 1 saturated heterocycles. The van der Waals surface area contributed by atoms with E-state index in [0.717, 1.165) is 62.4 Å². The second-order valence-corrected chi connectivity index (χ2v) is 7.33. The lowest BCUT2D eigenvalue weighted by Gasteiger charge is -2.34. The van der Waals surface area contributed by atoms with Crippen LogP contribution in [0.1, 0.15) is 30.5 Å². The number of benzene rings is 1. The molecule has 1 fully saturated rings. The van der Waals surface area contributed by atoms with Gasteiger partial charge in [0.25, 0.3) is 0 Å². The third kappa shape index (κ3) is 3.72. The van der Waals surface area contributed by atoms with E-state index >= 15 is 0 Å². The van der Waals surface area contributed by atoms with Crippen molar-refractivity contribution in [1.29, 1.82) is 0 Å². The molecule has 1 aliphatic carbocycles. The molecule has 2 aromatic rings. The maximum absolute atomic E-state index is 12.4. The summed E-state index contributed by atoms with van der Waals surface area (Å²) in [5.41, 5.74) is 3.50. The molecule has 1 atom stereocenters. The van der Waals surface area contributed by atoms with E-state index in [-0.39, 0.29) is 11.8 Å². The number of anilines is 1. The van der Waals surface area contributed by atoms with Crippen molar-refractivity contribution >= 4 is 11.7 Å². The molecule has 2 heterocycles. The summed E-state index contributed by atoms with van der Waals surface area (Å²) in [6.45, 7) is 5.87. The number of aryl methyl sites for hydroxylation is 1. The van der Waals surface area contributed by atoms with Crippen LogP contribution >= 0.6 is 0 Å². The Bertz CT molecular complexity index is 834. The first kappa shape index (κ1) is 17.7. The number of piperidine rings is 1. The second kappa shape index (κ2) is 7.91. The summed E-state index contributed by atoms with van der Waals surface area (Å²) < 4.78 is 0. The molecule has 140 valence electrons. The SMILES string of the molecule is C=CCNC(=O)[C@H]1CCCN(c2nc(-c3ccccc3)nc3c2CCC3)C1. The molecule has 0 unspecified atom stereocenters. The molecule has 5 nitrogen and oxygen atoms in total. The van der Waals surface area contributed by atoms with Crippen LogP contribution in [0.4, 0.5) is 5.82 Å². The van der Waals surface area contributed by atoms with Gasteiger partial charge in [0.15, 0.2) is 5.82 Å². The van der Waals surface area contributed by atoms with Gasteiger partial charge in [0, 0.05) is 36.5 Å². The topological polar surface area (TPSA) is 58.1 Å². The van der Waals surface area contributed by atoms with Crippen LogP contribution in [0.5, 0.6) is 0 Å². The zero-order chi connectivity index (χ0) is 18.6. The van der Waals surface area contributed by atoms with Crippen LogP contribution in [0, 0.1) is 5.92 Å². The number of hydrogen-bond acceptors (Lipinski definition) is 4. The lowest BCUT2D eigenvalue weighted by molar-refractivity contribution is -0.125. The second-order valence-electron chi connectivity index (χ2n) is 7.33. The van der Waals surface area contributed by atoms with Crippen LogP contribution in [-0.2, 0) is 17.6 Å². The number of carbonyl (C=O) groups excluding carboxylic acids is 1. The van der Waals surface area contributed by atoms with Crippen molar-refractivity contribution in [2.45, 2.75) is 32.1 Å². The predicted octanol–water partition coefficient (Wildman–Crippen LogP) is 3.15. The fourth-order valence-corrected chi connectivity index (χ4v) is 4.09. The smallest absolute Gasteiger partial charge is 0.225 e. The van der Waals surface area contributed by atoms with Gasteiger partial charge in [-0.3, -0.25) is 4.79 Å². The minimum Gasteiger partial charge on any atom is -0.355 e. The molecular formula is C22H26N4O. The maximum Gasteiger partial charge on any atom is 0.225 e. The van der Waals surface area contributed by atoms with Crippen LogP contribution in [0.25, 0.3) is 11.4 Å². The number of rotatable bonds is 5. The molecule has 2 aliphatic rings. The number of hydrogen-bond donors (Lipinski definition) is 1. The lowest BCUT2D eigenvalue weighted by atomic mass is 9.96. The van der Waals surface area contributed by atoms with E-state index in [9.17, 15) is 4.79 Å². The van der Waals surface area contributed by atoms with E-state index in [4.69, 9.17) is 9.97 Å². The van der Waals surface area contributed by atoms with Gasteiger partial charge in [-0.05, 0) is 32.1 Å². The Morgan fingerprint density at radius 1 is 1.22 bits per heavy atom. The van der Waals surface area contributed by atoms with Gasteiger partial charge in [-0.15, -0.1) is 6.58 Å². The standard InChI is InChI=1S/C22H26N4O/c1-2-13-23-22(27)17-10-7-14-26(15-17)21-18-11-6-12-19(18)24-20(25-21)16-8-4-3-5-9-16/h2-5,8-9,17H,1,6-7,10-15H2,(H,23,27)/t17-/m0/s1. The Morgan fingerprint density at radius 2 is 2.07 bits per heavy atom. The molecule has 1 amide bonds. The maximum atomic E-state index is 12.4. The first-order valence-corrected chi connectivity index (χ1v) is 9.85. The van der Waals surface area contributed by atoms with Crippen molar-refractivity contribution in [1.82, 2.24) is 15.3 Å². The number of fused-ring (bicyclic) bond motifs is 1. The molecule has 0 saturated carbocycles. The molecule has 1 aromatic carbocycles.